The number of rotatable bonds is 5. The molecule has 11 atom stereocenters. The van der Waals surface area contributed by atoms with Crippen LogP contribution in [0.5, 0.6) is 0 Å². The van der Waals surface area contributed by atoms with E-state index in [2.05, 4.69) is 41.5 Å². The Kier molecular flexibility index (Phi) is 5.23. The summed E-state index contributed by atoms with van der Waals surface area (Å²) in [4.78, 5) is 0. The molecule has 1 heterocycles. The van der Waals surface area contributed by atoms with Gasteiger partial charge in [0.2, 0.25) is 0 Å². The fraction of sp³-hybridized carbons (Fsp3) is 1.00. The summed E-state index contributed by atoms with van der Waals surface area (Å²) in [7, 11) is 0. The quantitative estimate of drug-likeness (QED) is 0.497. The van der Waals surface area contributed by atoms with Crippen molar-refractivity contribution in [2.24, 2.45) is 52.3 Å². The fourth-order valence-corrected chi connectivity index (χ4v) is 9.69. The molecule has 2 heteroatoms. The minimum Gasteiger partial charge on any atom is -0.393 e. The molecular formula is C28H48O2. The molecule has 0 amide bonds. The van der Waals surface area contributed by atoms with Crippen molar-refractivity contribution in [3.8, 4) is 0 Å². The van der Waals surface area contributed by atoms with Gasteiger partial charge in [-0.25, -0.2) is 0 Å². The molecule has 5 fully saturated rings. The smallest absolute Gasteiger partial charge is 0.103 e. The number of aliphatic hydroxyl groups excluding tert-OH is 1. The first-order valence-electron chi connectivity index (χ1n) is 13.5. The normalized spacial score (nSPS) is 54.0. The first kappa shape index (κ1) is 21.7. The third-order valence-corrected chi connectivity index (χ3v) is 12.0. The molecule has 0 aromatic rings. The number of hydrogen-bond donors (Lipinski definition) is 1. The van der Waals surface area contributed by atoms with Gasteiger partial charge in [-0.3, -0.25) is 0 Å². The third kappa shape index (κ3) is 2.94. The van der Waals surface area contributed by atoms with Gasteiger partial charge in [-0.1, -0.05) is 54.4 Å². The molecule has 172 valence electrons. The summed E-state index contributed by atoms with van der Waals surface area (Å²) in [6.07, 6.45) is 13.3. The molecule has 4 aliphatic carbocycles. The highest BCUT2D eigenvalue weighted by Gasteiger charge is 2.76. The Morgan fingerprint density at radius 2 is 1.70 bits per heavy atom. The summed E-state index contributed by atoms with van der Waals surface area (Å²) in [5.41, 5.74) is 0.913. The van der Waals surface area contributed by atoms with E-state index in [1.165, 1.54) is 51.4 Å². The van der Waals surface area contributed by atoms with Crippen molar-refractivity contribution in [1.82, 2.24) is 0 Å². The molecule has 1 spiro atoms. The predicted molar refractivity (Wildman–Crippen MR) is 123 cm³/mol. The van der Waals surface area contributed by atoms with Crippen molar-refractivity contribution in [1.29, 1.82) is 0 Å². The summed E-state index contributed by atoms with van der Waals surface area (Å²) < 4.78 is 6.52. The minimum absolute atomic E-state index is 0.0395. The van der Waals surface area contributed by atoms with Crippen molar-refractivity contribution in [2.75, 3.05) is 0 Å². The van der Waals surface area contributed by atoms with Crippen LogP contribution in [0.4, 0.5) is 0 Å². The van der Waals surface area contributed by atoms with E-state index in [1.807, 2.05) is 0 Å². The maximum absolute atomic E-state index is 10.4. The number of aliphatic hydroxyl groups is 1. The Labute approximate surface area is 185 Å². The molecule has 2 nitrogen and oxygen atoms in total. The van der Waals surface area contributed by atoms with Gasteiger partial charge in [-0.15, -0.1) is 0 Å². The zero-order valence-corrected chi connectivity index (χ0v) is 20.6. The van der Waals surface area contributed by atoms with Crippen molar-refractivity contribution in [3.05, 3.63) is 0 Å². The second kappa shape index (κ2) is 7.21. The van der Waals surface area contributed by atoms with Crippen LogP contribution >= 0.6 is 0 Å². The van der Waals surface area contributed by atoms with Gasteiger partial charge >= 0.3 is 0 Å². The Bertz CT molecular complexity index is 659. The van der Waals surface area contributed by atoms with Crippen LogP contribution in [-0.4, -0.2) is 22.9 Å². The first-order chi connectivity index (χ1) is 14.1. The molecule has 0 bridgehead atoms. The third-order valence-electron chi connectivity index (χ3n) is 12.0. The van der Waals surface area contributed by atoms with Crippen LogP contribution in [-0.2, 0) is 4.74 Å². The van der Waals surface area contributed by atoms with E-state index in [9.17, 15) is 5.11 Å². The Hall–Kier alpha value is -0.0800. The van der Waals surface area contributed by atoms with Crippen LogP contribution in [0, 0.1) is 52.3 Å². The molecular weight excluding hydrogens is 368 g/mol. The molecule has 1 aliphatic heterocycles. The molecule has 5 aliphatic rings. The topological polar surface area (TPSA) is 32.8 Å². The lowest BCUT2D eigenvalue weighted by Gasteiger charge is -2.59. The Morgan fingerprint density at radius 3 is 2.43 bits per heavy atom. The summed E-state index contributed by atoms with van der Waals surface area (Å²) in [6, 6.07) is 0. The molecule has 0 radical (unpaired) electrons. The van der Waals surface area contributed by atoms with E-state index >= 15 is 0 Å². The average Bonchev–Trinajstić information content (AvgIpc) is 3.27. The summed E-state index contributed by atoms with van der Waals surface area (Å²) >= 11 is 0. The van der Waals surface area contributed by atoms with Gasteiger partial charge in [0.05, 0.1) is 12.2 Å². The van der Waals surface area contributed by atoms with E-state index < -0.39 is 0 Å². The van der Waals surface area contributed by atoms with Crippen LogP contribution in [0.2, 0.25) is 0 Å². The minimum atomic E-state index is -0.126. The molecule has 30 heavy (non-hydrogen) atoms. The summed E-state index contributed by atoms with van der Waals surface area (Å²) in [5.74, 6) is 6.09. The van der Waals surface area contributed by atoms with Crippen LogP contribution in [0.25, 0.3) is 0 Å². The molecule has 4 saturated carbocycles. The monoisotopic (exact) mass is 416 g/mol. The van der Waals surface area contributed by atoms with E-state index in [-0.39, 0.29) is 11.7 Å². The number of ether oxygens (including phenoxy) is 1. The zero-order chi connectivity index (χ0) is 21.5. The Morgan fingerprint density at radius 1 is 0.933 bits per heavy atom. The SMILES string of the molecule is CC(C)[C@@H](C)CC[C@@H](C)[C@H]1CC[C@H]2[C@@H]3C[C@@H]4O[C@@]45C[C@@H](O)CC[C@]5(C)[C@H]3CC[C@]12C. The molecule has 1 N–H and O–H groups in total. The fourth-order valence-electron chi connectivity index (χ4n) is 9.69. The van der Waals surface area contributed by atoms with E-state index in [4.69, 9.17) is 4.74 Å². The van der Waals surface area contributed by atoms with E-state index in [1.54, 1.807) is 0 Å². The Balaban J connectivity index is 1.32. The number of fused-ring (bicyclic) bond motifs is 4. The highest BCUT2D eigenvalue weighted by atomic mass is 16.6. The maximum Gasteiger partial charge on any atom is 0.103 e. The lowest BCUT2D eigenvalue weighted by molar-refractivity contribution is -0.116. The lowest BCUT2D eigenvalue weighted by atomic mass is 9.44. The van der Waals surface area contributed by atoms with Crippen molar-refractivity contribution >= 4 is 0 Å². The van der Waals surface area contributed by atoms with Gasteiger partial charge in [-0.05, 0) is 91.8 Å². The van der Waals surface area contributed by atoms with Crippen molar-refractivity contribution in [2.45, 2.75) is 124 Å². The van der Waals surface area contributed by atoms with Gasteiger partial charge in [0.15, 0.2) is 0 Å². The van der Waals surface area contributed by atoms with Crippen LogP contribution < -0.4 is 0 Å². The van der Waals surface area contributed by atoms with E-state index in [0.717, 1.165) is 54.3 Å². The largest absolute Gasteiger partial charge is 0.393 e. The maximum atomic E-state index is 10.4. The standard InChI is InChI=1S/C28H48O2/c1-17(2)18(3)7-8-19(4)22-9-10-23-21-15-25-28(30-25)16-20(29)11-14-27(28,6)24(21)12-13-26(22,23)5/h17-25,29H,7-16H2,1-6H3/t18-,19+,20-,21-,22+,23-,24-,25-,26+,27+,28-/m0/s1. The first-order valence-corrected chi connectivity index (χ1v) is 13.5. The molecule has 5 rings (SSSR count). The van der Waals surface area contributed by atoms with Gasteiger partial charge in [0.25, 0.3) is 0 Å². The number of epoxide rings is 1. The summed E-state index contributed by atoms with van der Waals surface area (Å²) in [6.45, 7) is 15.1. The highest BCUT2D eigenvalue weighted by Crippen LogP contribution is 2.74. The average molecular weight is 417 g/mol. The zero-order valence-electron chi connectivity index (χ0n) is 20.6. The molecule has 1 saturated heterocycles. The van der Waals surface area contributed by atoms with Gasteiger partial charge < -0.3 is 9.84 Å². The molecule has 0 unspecified atom stereocenters. The van der Waals surface area contributed by atoms with Crippen molar-refractivity contribution < 1.29 is 9.84 Å². The van der Waals surface area contributed by atoms with Crippen molar-refractivity contribution in [3.63, 3.8) is 0 Å². The van der Waals surface area contributed by atoms with Gasteiger partial charge in [-0.2, -0.15) is 0 Å². The second-order valence-electron chi connectivity index (χ2n) is 13.4. The van der Waals surface area contributed by atoms with Gasteiger partial charge in [0.1, 0.15) is 5.60 Å². The van der Waals surface area contributed by atoms with Crippen LogP contribution in [0.3, 0.4) is 0 Å². The predicted octanol–water partition coefficient (Wildman–Crippen LogP) is 6.85. The highest BCUT2D eigenvalue weighted by molar-refractivity contribution is 5.24. The lowest BCUT2D eigenvalue weighted by Crippen LogP contribution is -2.58. The molecule has 0 aromatic carbocycles. The molecule has 0 aromatic heterocycles. The van der Waals surface area contributed by atoms with Crippen LogP contribution in [0.1, 0.15) is 106 Å². The van der Waals surface area contributed by atoms with E-state index in [0.29, 0.717) is 16.9 Å². The van der Waals surface area contributed by atoms with Gasteiger partial charge in [0, 0.05) is 11.8 Å². The number of hydrogen-bond acceptors (Lipinski definition) is 2. The van der Waals surface area contributed by atoms with Crippen LogP contribution in [0.15, 0.2) is 0 Å². The second-order valence-corrected chi connectivity index (χ2v) is 13.4. The summed E-state index contributed by atoms with van der Waals surface area (Å²) in [5, 5.41) is 10.4.